The molecule has 0 radical (unpaired) electrons. The molecule has 0 unspecified atom stereocenters. The average molecular weight is 236 g/mol. The van der Waals surface area contributed by atoms with Crippen LogP contribution in [-0.2, 0) is 4.74 Å². The first-order valence-corrected chi connectivity index (χ1v) is 5.65. The molecule has 1 aliphatic heterocycles. The first kappa shape index (κ1) is 13.6. The zero-order chi connectivity index (χ0) is 12.2. The predicted molar refractivity (Wildman–Crippen MR) is 59.3 cm³/mol. The summed E-state index contributed by atoms with van der Waals surface area (Å²) in [6.07, 6.45) is 1.84. The predicted octanol–water partition coefficient (Wildman–Crippen LogP) is 2.43. The van der Waals surface area contributed by atoms with Crippen LogP contribution in [0.5, 0.6) is 0 Å². The van der Waals surface area contributed by atoms with Crippen molar-refractivity contribution in [1.29, 1.82) is 0 Å². The van der Waals surface area contributed by atoms with Crippen molar-refractivity contribution in [2.45, 2.75) is 25.9 Å². The van der Waals surface area contributed by atoms with E-state index in [0.29, 0.717) is 19.7 Å². The summed E-state index contributed by atoms with van der Waals surface area (Å²) >= 11 is 0. The smallest absolute Gasteiger partial charge is 0.445 e. The van der Waals surface area contributed by atoms with Crippen LogP contribution in [0.3, 0.4) is 0 Å². The minimum atomic E-state index is -4.89. The van der Waals surface area contributed by atoms with Crippen molar-refractivity contribution in [3.8, 4) is 0 Å². The van der Waals surface area contributed by atoms with E-state index in [1.54, 1.807) is 4.90 Å². The van der Waals surface area contributed by atoms with Crippen molar-refractivity contribution in [3.63, 3.8) is 0 Å². The number of likely N-dealkylation sites (tertiary alicyclic amines) is 1. The topological polar surface area (TPSA) is 12.5 Å². The zero-order valence-corrected chi connectivity index (χ0v) is 9.59. The molecule has 0 spiro atoms. The SMILES string of the molecule is C=C(CN1CCC(OCC)CC1)[B-](F)(F)F. The monoisotopic (exact) mass is 236 g/mol. The summed E-state index contributed by atoms with van der Waals surface area (Å²) in [5, 5.41) is 0. The van der Waals surface area contributed by atoms with Crippen LogP contribution in [0.1, 0.15) is 19.8 Å². The third kappa shape index (κ3) is 4.18. The van der Waals surface area contributed by atoms with E-state index in [4.69, 9.17) is 4.74 Å². The fourth-order valence-corrected chi connectivity index (χ4v) is 1.86. The van der Waals surface area contributed by atoms with E-state index in [1.807, 2.05) is 6.92 Å². The molecular formula is C10H18BF3NO-. The molecule has 16 heavy (non-hydrogen) atoms. The molecule has 0 amide bonds. The van der Waals surface area contributed by atoms with E-state index < -0.39 is 12.4 Å². The highest BCUT2D eigenvalue weighted by Gasteiger charge is 2.29. The van der Waals surface area contributed by atoms with E-state index in [9.17, 15) is 12.9 Å². The Morgan fingerprint density at radius 3 is 2.38 bits per heavy atom. The Kier molecular flexibility index (Phi) is 4.86. The lowest BCUT2D eigenvalue weighted by Crippen LogP contribution is -2.40. The van der Waals surface area contributed by atoms with Gasteiger partial charge in [0.25, 0.3) is 0 Å². The second-order valence-electron chi connectivity index (χ2n) is 4.16. The Hall–Kier alpha value is -0.485. The van der Waals surface area contributed by atoms with E-state index in [2.05, 4.69) is 6.58 Å². The van der Waals surface area contributed by atoms with Crippen LogP contribution in [0.15, 0.2) is 12.1 Å². The molecule has 1 aliphatic rings. The number of piperidine rings is 1. The van der Waals surface area contributed by atoms with Gasteiger partial charge in [-0.3, -0.25) is 0 Å². The van der Waals surface area contributed by atoms with Gasteiger partial charge in [-0.15, -0.1) is 12.1 Å². The highest BCUT2D eigenvalue weighted by molar-refractivity contribution is 6.66. The van der Waals surface area contributed by atoms with Crippen LogP contribution in [0.25, 0.3) is 0 Å². The fraction of sp³-hybridized carbons (Fsp3) is 0.800. The summed E-state index contributed by atoms with van der Waals surface area (Å²) in [6, 6.07) is 0. The highest BCUT2D eigenvalue weighted by Crippen LogP contribution is 2.21. The van der Waals surface area contributed by atoms with E-state index in [-0.39, 0.29) is 12.6 Å². The highest BCUT2D eigenvalue weighted by atomic mass is 19.4. The lowest BCUT2D eigenvalue weighted by atomic mass is 9.80. The summed E-state index contributed by atoms with van der Waals surface area (Å²) in [4.78, 5) is 1.80. The second-order valence-corrected chi connectivity index (χ2v) is 4.16. The lowest BCUT2D eigenvalue weighted by Gasteiger charge is -2.34. The first-order valence-electron chi connectivity index (χ1n) is 5.65. The van der Waals surface area contributed by atoms with Crippen LogP contribution >= 0.6 is 0 Å². The summed E-state index contributed by atoms with van der Waals surface area (Å²) in [6.45, 7) is 2.09. The maximum Gasteiger partial charge on any atom is 0.506 e. The minimum absolute atomic E-state index is 0.0532. The standard InChI is InChI=1S/C10H18BF3NO/c1-3-16-10-4-6-15(7-5-10)8-9(2)11(12,13)14/h10H,2-8H2,1H3/q-1. The number of halogens is 3. The van der Waals surface area contributed by atoms with E-state index in [1.165, 1.54) is 0 Å². The van der Waals surface area contributed by atoms with Gasteiger partial charge >= 0.3 is 6.98 Å². The minimum Gasteiger partial charge on any atom is -0.445 e. The van der Waals surface area contributed by atoms with Gasteiger partial charge in [0.15, 0.2) is 0 Å². The maximum atomic E-state index is 12.3. The Labute approximate surface area is 94.5 Å². The number of ether oxygens (including phenoxy) is 1. The Bertz CT molecular complexity index is 237. The molecule has 94 valence electrons. The molecule has 1 fully saturated rings. The lowest BCUT2D eigenvalue weighted by molar-refractivity contribution is 0.0164. The largest absolute Gasteiger partial charge is 0.506 e. The van der Waals surface area contributed by atoms with Crippen molar-refractivity contribution in [2.24, 2.45) is 0 Å². The summed E-state index contributed by atoms with van der Waals surface area (Å²) < 4.78 is 42.4. The molecule has 0 aromatic carbocycles. The summed E-state index contributed by atoms with van der Waals surface area (Å²) in [7, 11) is 0. The normalized spacial score (nSPS) is 20.0. The average Bonchev–Trinajstić information content (AvgIpc) is 2.20. The summed E-state index contributed by atoms with van der Waals surface area (Å²) in [5.74, 6) is 0. The molecular weight excluding hydrogens is 218 g/mol. The number of nitrogens with zero attached hydrogens (tertiary/aromatic N) is 1. The van der Waals surface area contributed by atoms with Gasteiger partial charge in [-0.2, -0.15) is 0 Å². The van der Waals surface area contributed by atoms with Gasteiger partial charge in [0.2, 0.25) is 0 Å². The van der Waals surface area contributed by atoms with Gasteiger partial charge in [-0.05, 0) is 26.3 Å². The van der Waals surface area contributed by atoms with Gasteiger partial charge in [0, 0.05) is 19.7 Å². The molecule has 1 heterocycles. The molecule has 0 aromatic rings. The Morgan fingerprint density at radius 1 is 1.38 bits per heavy atom. The van der Waals surface area contributed by atoms with Gasteiger partial charge in [-0.1, -0.05) is 0 Å². The molecule has 0 N–H and O–H groups in total. The molecule has 0 bridgehead atoms. The molecule has 2 nitrogen and oxygen atoms in total. The van der Waals surface area contributed by atoms with Crippen LogP contribution in [-0.4, -0.2) is 44.2 Å². The Balaban J connectivity index is 2.30. The third-order valence-electron chi connectivity index (χ3n) is 2.83. The summed E-state index contributed by atoms with van der Waals surface area (Å²) in [5.41, 5.74) is -0.602. The van der Waals surface area contributed by atoms with Crippen molar-refractivity contribution >= 4 is 6.98 Å². The fourth-order valence-electron chi connectivity index (χ4n) is 1.86. The third-order valence-corrected chi connectivity index (χ3v) is 2.83. The van der Waals surface area contributed by atoms with Gasteiger partial charge in [0.1, 0.15) is 0 Å². The first-order chi connectivity index (χ1) is 7.43. The second kappa shape index (κ2) is 5.73. The van der Waals surface area contributed by atoms with Gasteiger partial charge in [0.05, 0.1) is 6.10 Å². The van der Waals surface area contributed by atoms with E-state index >= 15 is 0 Å². The molecule has 0 atom stereocenters. The molecule has 0 aromatic heterocycles. The van der Waals surface area contributed by atoms with Crippen molar-refractivity contribution in [2.75, 3.05) is 26.2 Å². The number of rotatable bonds is 5. The van der Waals surface area contributed by atoms with Crippen LogP contribution in [0, 0.1) is 0 Å². The molecule has 1 saturated heterocycles. The van der Waals surface area contributed by atoms with Gasteiger partial charge in [-0.25, -0.2) is 0 Å². The maximum absolute atomic E-state index is 12.3. The quantitative estimate of drug-likeness (QED) is 0.679. The number of hydrogen-bond donors (Lipinski definition) is 0. The number of hydrogen-bond acceptors (Lipinski definition) is 2. The van der Waals surface area contributed by atoms with Crippen LogP contribution in [0.4, 0.5) is 12.9 Å². The van der Waals surface area contributed by atoms with Crippen LogP contribution < -0.4 is 0 Å². The van der Waals surface area contributed by atoms with Crippen LogP contribution in [0.2, 0.25) is 0 Å². The Morgan fingerprint density at radius 2 is 1.94 bits per heavy atom. The van der Waals surface area contributed by atoms with Crippen molar-refractivity contribution in [3.05, 3.63) is 12.1 Å². The molecule has 6 heteroatoms. The zero-order valence-electron chi connectivity index (χ0n) is 9.59. The van der Waals surface area contributed by atoms with Crippen molar-refractivity contribution < 1.29 is 17.7 Å². The molecule has 1 rings (SSSR count). The van der Waals surface area contributed by atoms with Crippen molar-refractivity contribution in [1.82, 2.24) is 4.90 Å². The van der Waals surface area contributed by atoms with Gasteiger partial charge < -0.3 is 22.6 Å². The molecule has 0 aliphatic carbocycles. The van der Waals surface area contributed by atoms with E-state index in [0.717, 1.165) is 12.8 Å². The molecule has 0 saturated carbocycles.